The SMILES string of the molecule is c1ccc2cc(CC[Si]CCc3ccc4ccccc4c3)ccc2c1. The Kier molecular flexibility index (Phi) is 4.94. The van der Waals surface area contributed by atoms with E-state index in [0.29, 0.717) is 0 Å². The van der Waals surface area contributed by atoms with Crippen LogP contribution in [-0.4, -0.2) is 9.52 Å². The van der Waals surface area contributed by atoms with Gasteiger partial charge in [-0.25, -0.2) is 0 Å². The van der Waals surface area contributed by atoms with Gasteiger partial charge in [0.1, 0.15) is 0 Å². The summed E-state index contributed by atoms with van der Waals surface area (Å²) in [6, 6.07) is 33.6. The van der Waals surface area contributed by atoms with Crippen molar-refractivity contribution in [1.82, 2.24) is 0 Å². The Morgan fingerprint density at radius 2 is 0.920 bits per heavy atom. The maximum absolute atomic E-state index is 2.35. The van der Waals surface area contributed by atoms with Crippen molar-refractivity contribution in [2.24, 2.45) is 0 Å². The fourth-order valence-electron chi connectivity index (χ4n) is 3.38. The minimum Gasteiger partial charge on any atom is -0.0616 e. The van der Waals surface area contributed by atoms with Gasteiger partial charge in [0.05, 0.1) is 0 Å². The molecule has 0 spiro atoms. The lowest BCUT2D eigenvalue weighted by Crippen LogP contribution is -1.96. The second-order valence-corrected chi connectivity index (χ2v) is 8.11. The van der Waals surface area contributed by atoms with E-state index in [2.05, 4.69) is 84.9 Å². The Morgan fingerprint density at radius 1 is 0.480 bits per heavy atom. The Balaban J connectivity index is 1.28. The second-order valence-electron chi connectivity index (χ2n) is 6.61. The third-order valence-corrected chi connectivity index (χ3v) is 6.02. The van der Waals surface area contributed by atoms with E-state index >= 15 is 0 Å². The van der Waals surface area contributed by atoms with Gasteiger partial charge < -0.3 is 0 Å². The molecule has 0 aliphatic heterocycles. The standard InChI is InChI=1S/C24H22Si/c1-3-7-23-17-19(9-11-21(23)5-1)13-15-25-16-14-20-10-12-22-6-2-4-8-24(22)18-20/h1-12,17-18H,13-16H2. The molecule has 0 heterocycles. The number of fused-ring (bicyclic) bond motifs is 2. The molecule has 0 bridgehead atoms. The van der Waals surface area contributed by atoms with Crippen LogP contribution in [0.25, 0.3) is 21.5 Å². The summed E-state index contributed by atoms with van der Waals surface area (Å²) in [6.07, 6.45) is 2.39. The lowest BCUT2D eigenvalue weighted by atomic mass is 10.1. The predicted octanol–water partition coefficient (Wildman–Crippen LogP) is 6.32. The molecule has 122 valence electrons. The molecule has 4 rings (SSSR count). The van der Waals surface area contributed by atoms with E-state index in [1.165, 1.54) is 57.6 Å². The Hall–Kier alpha value is -2.38. The highest BCUT2D eigenvalue weighted by atomic mass is 28.2. The summed E-state index contributed by atoms with van der Waals surface area (Å²) < 4.78 is 0. The zero-order valence-electron chi connectivity index (χ0n) is 14.4. The maximum atomic E-state index is 2.35. The monoisotopic (exact) mass is 338 g/mol. The molecule has 0 aliphatic carbocycles. The summed E-state index contributed by atoms with van der Waals surface area (Å²) in [4.78, 5) is 0. The first-order valence-electron chi connectivity index (χ1n) is 9.04. The van der Waals surface area contributed by atoms with Gasteiger partial charge in [-0.05, 0) is 45.5 Å². The molecule has 4 aromatic rings. The zero-order valence-corrected chi connectivity index (χ0v) is 15.4. The Bertz CT molecular complexity index is 906. The van der Waals surface area contributed by atoms with Crippen LogP contribution in [0.15, 0.2) is 84.9 Å². The largest absolute Gasteiger partial charge is 0.0616 e. The molecule has 0 unspecified atom stereocenters. The normalized spacial score (nSPS) is 11.2. The molecule has 1 heteroatoms. The lowest BCUT2D eigenvalue weighted by Gasteiger charge is -2.05. The minimum absolute atomic E-state index is 1.04. The molecule has 0 aromatic heterocycles. The number of aryl methyl sites for hydroxylation is 2. The van der Waals surface area contributed by atoms with E-state index in [-0.39, 0.29) is 0 Å². The fraction of sp³-hybridized carbons (Fsp3) is 0.167. The Labute approximate surface area is 152 Å². The van der Waals surface area contributed by atoms with Crippen LogP contribution in [0, 0.1) is 0 Å². The summed E-state index contributed by atoms with van der Waals surface area (Å²) in [7, 11) is 1.04. The van der Waals surface area contributed by atoms with Gasteiger partial charge in [-0.15, -0.1) is 0 Å². The molecule has 0 atom stereocenters. The molecule has 0 amide bonds. The molecule has 4 aromatic carbocycles. The Morgan fingerprint density at radius 3 is 1.40 bits per heavy atom. The first kappa shape index (κ1) is 16.1. The third-order valence-electron chi connectivity index (χ3n) is 4.81. The molecule has 25 heavy (non-hydrogen) atoms. The van der Waals surface area contributed by atoms with Crippen molar-refractivity contribution in [3.8, 4) is 0 Å². The highest BCUT2D eigenvalue weighted by molar-refractivity contribution is 6.35. The maximum Gasteiger partial charge on any atom is 0.0384 e. The van der Waals surface area contributed by atoms with Crippen molar-refractivity contribution in [2.45, 2.75) is 24.9 Å². The average molecular weight is 339 g/mol. The van der Waals surface area contributed by atoms with Crippen LogP contribution in [0.5, 0.6) is 0 Å². The fourth-order valence-corrected chi connectivity index (χ4v) is 4.56. The van der Waals surface area contributed by atoms with Gasteiger partial charge in [0.25, 0.3) is 0 Å². The molecule has 0 N–H and O–H groups in total. The van der Waals surface area contributed by atoms with Crippen LogP contribution >= 0.6 is 0 Å². The van der Waals surface area contributed by atoms with Crippen molar-refractivity contribution in [3.63, 3.8) is 0 Å². The van der Waals surface area contributed by atoms with E-state index < -0.39 is 0 Å². The molecular formula is C24H22Si. The van der Waals surface area contributed by atoms with Gasteiger partial charge in [-0.3, -0.25) is 0 Å². The van der Waals surface area contributed by atoms with Gasteiger partial charge in [0.2, 0.25) is 0 Å². The number of hydrogen-bond donors (Lipinski definition) is 0. The molecule has 0 nitrogen and oxygen atoms in total. The van der Waals surface area contributed by atoms with Crippen molar-refractivity contribution in [1.29, 1.82) is 0 Å². The first-order valence-corrected chi connectivity index (χ1v) is 10.5. The van der Waals surface area contributed by atoms with E-state index in [1.807, 2.05) is 0 Å². The molecule has 0 fully saturated rings. The topological polar surface area (TPSA) is 0 Å². The van der Waals surface area contributed by atoms with Crippen molar-refractivity contribution < 1.29 is 0 Å². The molecule has 0 saturated carbocycles. The van der Waals surface area contributed by atoms with Crippen LogP contribution in [0.3, 0.4) is 0 Å². The van der Waals surface area contributed by atoms with Crippen LogP contribution in [0.1, 0.15) is 11.1 Å². The van der Waals surface area contributed by atoms with Gasteiger partial charge in [-0.1, -0.05) is 97.0 Å². The van der Waals surface area contributed by atoms with Crippen LogP contribution in [-0.2, 0) is 12.8 Å². The average Bonchev–Trinajstić information content (AvgIpc) is 2.67. The van der Waals surface area contributed by atoms with E-state index in [9.17, 15) is 0 Å². The van der Waals surface area contributed by atoms with Gasteiger partial charge >= 0.3 is 0 Å². The summed E-state index contributed by atoms with van der Waals surface area (Å²) in [5, 5.41) is 5.40. The lowest BCUT2D eigenvalue weighted by molar-refractivity contribution is 1.08. The number of hydrogen-bond acceptors (Lipinski definition) is 0. The van der Waals surface area contributed by atoms with Crippen LogP contribution in [0.2, 0.25) is 12.1 Å². The third kappa shape index (κ3) is 4.00. The van der Waals surface area contributed by atoms with Crippen molar-refractivity contribution in [2.75, 3.05) is 0 Å². The van der Waals surface area contributed by atoms with E-state index in [4.69, 9.17) is 0 Å². The summed E-state index contributed by atoms with van der Waals surface area (Å²) in [5.74, 6) is 0. The number of benzene rings is 4. The smallest absolute Gasteiger partial charge is 0.0384 e. The molecule has 0 saturated heterocycles. The van der Waals surface area contributed by atoms with Crippen LogP contribution < -0.4 is 0 Å². The zero-order chi connectivity index (χ0) is 16.9. The summed E-state index contributed by atoms with van der Waals surface area (Å²) in [6.45, 7) is 0. The number of rotatable bonds is 6. The first-order chi connectivity index (χ1) is 12.4. The highest BCUT2D eigenvalue weighted by Gasteiger charge is 2.00. The van der Waals surface area contributed by atoms with E-state index in [0.717, 1.165) is 9.52 Å². The van der Waals surface area contributed by atoms with Crippen molar-refractivity contribution >= 4 is 31.1 Å². The van der Waals surface area contributed by atoms with E-state index in [1.54, 1.807) is 0 Å². The second kappa shape index (κ2) is 7.67. The molecular weight excluding hydrogens is 316 g/mol. The van der Waals surface area contributed by atoms with Crippen LogP contribution in [0.4, 0.5) is 0 Å². The highest BCUT2D eigenvalue weighted by Crippen LogP contribution is 2.18. The molecule has 0 aliphatic rings. The van der Waals surface area contributed by atoms with Gasteiger partial charge in [-0.2, -0.15) is 0 Å². The quantitative estimate of drug-likeness (QED) is 0.285. The molecule has 2 radical (unpaired) electrons. The summed E-state index contributed by atoms with van der Waals surface area (Å²) >= 11 is 0. The summed E-state index contributed by atoms with van der Waals surface area (Å²) in [5.41, 5.74) is 2.94. The van der Waals surface area contributed by atoms with Gasteiger partial charge in [0.15, 0.2) is 0 Å². The van der Waals surface area contributed by atoms with Crippen molar-refractivity contribution in [3.05, 3.63) is 96.1 Å². The van der Waals surface area contributed by atoms with Gasteiger partial charge in [0, 0.05) is 9.52 Å². The predicted molar refractivity (Wildman–Crippen MR) is 111 cm³/mol. The minimum atomic E-state index is 1.04.